The van der Waals surface area contributed by atoms with Crippen molar-refractivity contribution in [2.45, 2.75) is 0 Å². The number of hydrogen-bond donors (Lipinski definition) is 1. The topological polar surface area (TPSA) is 106 Å². The van der Waals surface area contributed by atoms with E-state index in [1.54, 1.807) is 0 Å². The molecule has 1 aromatic heterocycles. The molecule has 0 amide bonds. The van der Waals surface area contributed by atoms with E-state index in [1.807, 2.05) is 0 Å². The van der Waals surface area contributed by atoms with Crippen LogP contribution in [0, 0.1) is 10.1 Å². The Bertz CT molecular complexity index is 308. The number of hydrogen-bond acceptors (Lipinski definition) is 5. The smallest absolute Gasteiger partial charge is 0.400 e. The maximum Gasteiger partial charge on any atom is 0.400 e. The lowest BCUT2D eigenvalue weighted by molar-refractivity contribution is -0.389. The van der Waals surface area contributed by atoms with Crippen LogP contribution in [-0.4, -0.2) is 26.0 Å². The minimum Gasteiger partial charge on any atom is -0.474 e. The minimum atomic E-state index is -1.39. The van der Waals surface area contributed by atoms with Crippen LogP contribution in [0.25, 0.3) is 0 Å². The molecule has 0 bridgehead atoms. The Balaban J connectivity index is 3.12. The monoisotopic (exact) mass is 169 g/mol. The second-order valence-electron chi connectivity index (χ2n) is 1.80. The number of carboxylic acids is 1. The van der Waals surface area contributed by atoms with Gasteiger partial charge >= 0.3 is 17.6 Å². The van der Waals surface area contributed by atoms with Crippen molar-refractivity contribution in [2.24, 2.45) is 0 Å². The highest BCUT2D eigenvalue weighted by molar-refractivity contribution is 5.83. The van der Waals surface area contributed by atoms with Gasteiger partial charge in [-0.2, -0.15) is 0 Å². The molecular formula is C5H3N3O4. The Hall–Kier alpha value is -2.05. The molecule has 0 atom stereocenters. The molecule has 7 heteroatoms. The van der Waals surface area contributed by atoms with Gasteiger partial charge in [-0.1, -0.05) is 0 Å². The third-order valence-electron chi connectivity index (χ3n) is 1.02. The number of nitro groups is 1. The molecule has 1 aromatic rings. The number of aromatic nitrogens is 2. The highest BCUT2D eigenvalue weighted by atomic mass is 16.6. The molecule has 0 fully saturated rings. The molecule has 0 aliphatic carbocycles. The van der Waals surface area contributed by atoms with Crippen LogP contribution < -0.4 is 0 Å². The van der Waals surface area contributed by atoms with E-state index in [-0.39, 0.29) is 0 Å². The molecule has 7 nitrogen and oxygen atoms in total. The maximum atomic E-state index is 10.2. The number of rotatable bonds is 2. The zero-order valence-corrected chi connectivity index (χ0v) is 5.67. The lowest BCUT2D eigenvalue weighted by Crippen LogP contribution is -2.05. The van der Waals surface area contributed by atoms with Crippen molar-refractivity contribution < 1.29 is 14.8 Å². The maximum absolute atomic E-state index is 10.2. The minimum absolute atomic E-state index is 0.526. The summed E-state index contributed by atoms with van der Waals surface area (Å²) in [6, 6.07) is 1.02. The molecule has 1 N–H and O–H groups in total. The standard InChI is InChI=1S/C5H3N3O4/c9-5(10)4-6-2-1-3(7-4)8(11)12/h1-2H,(H,9,10). The average Bonchev–Trinajstić information content (AvgIpc) is 2.04. The number of carbonyl (C=O) groups is 1. The van der Waals surface area contributed by atoms with Crippen LogP contribution in [0.15, 0.2) is 12.3 Å². The first kappa shape index (κ1) is 8.05. The quantitative estimate of drug-likeness (QED) is 0.496. The molecule has 0 aliphatic rings. The van der Waals surface area contributed by atoms with Crippen molar-refractivity contribution in [1.29, 1.82) is 0 Å². The first-order valence-corrected chi connectivity index (χ1v) is 2.82. The zero-order chi connectivity index (χ0) is 9.14. The second-order valence-corrected chi connectivity index (χ2v) is 1.80. The van der Waals surface area contributed by atoms with E-state index in [0.29, 0.717) is 0 Å². The summed E-state index contributed by atoms with van der Waals surface area (Å²) in [6.07, 6.45) is 1.02. The molecule has 62 valence electrons. The summed E-state index contributed by atoms with van der Waals surface area (Å²) < 4.78 is 0. The van der Waals surface area contributed by atoms with E-state index in [4.69, 9.17) is 5.11 Å². The highest BCUT2D eigenvalue weighted by Gasteiger charge is 2.16. The fourth-order valence-electron chi connectivity index (χ4n) is 0.554. The molecule has 1 heterocycles. The summed E-state index contributed by atoms with van der Waals surface area (Å²) in [5, 5.41) is 18.4. The summed E-state index contributed by atoms with van der Waals surface area (Å²) in [5.74, 6) is -2.50. The van der Waals surface area contributed by atoms with Gasteiger partial charge in [0, 0.05) is 6.20 Å². The molecule has 0 radical (unpaired) electrons. The third-order valence-corrected chi connectivity index (χ3v) is 1.02. The van der Waals surface area contributed by atoms with Gasteiger partial charge in [-0.15, -0.1) is 0 Å². The van der Waals surface area contributed by atoms with E-state index in [1.165, 1.54) is 0 Å². The van der Waals surface area contributed by atoms with Crippen LogP contribution in [0.5, 0.6) is 0 Å². The van der Waals surface area contributed by atoms with Crippen LogP contribution >= 0.6 is 0 Å². The molecular weight excluding hydrogens is 166 g/mol. The summed E-state index contributed by atoms with van der Waals surface area (Å²) in [4.78, 5) is 26.0. The van der Waals surface area contributed by atoms with Gasteiger partial charge < -0.3 is 15.2 Å². The van der Waals surface area contributed by atoms with Gasteiger partial charge in [0.05, 0.1) is 6.07 Å². The van der Waals surface area contributed by atoms with E-state index < -0.39 is 22.5 Å². The molecule has 0 aliphatic heterocycles. The van der Waals surface area contributed by atoms with Gasteiger partial charge in [0.2, 0.25) is 0 Å². The van der Waals surface area contributed by atoms with Gasteiger partial charge in [-0.3, -0.25) is 0 Å². The van der Waals surface area contributed by atoms with Crippen LogP contribution in [-0.2, 0) is 0 Å². The van der Waals surface area contributed by atoms with E-state index in [9.17, 15) is 14.9 Å². The molecule has 0 spiro atoms. The highest BCUT2D eigenvalue weighted by Crippen LogP contribution is 2.04. The predicted molar refractivity (Wildman–Crippen MR) is 35.6 cm³/mol. The van der Waals surface area contributed by atoms with Gasteiger partial charge in [0.15, 0.2) is 0 Å². The third kappa shape index (κ3) is 1.51. The Kier molecular flexibility index (Phi) is 1.95. The molecule has 0 saturated heterocycles. The molecule has 0 aromatic carbocycles. The van der Waals surface area contributed by atoms with Crippen molar-refractivity contribution in [2.75, 3.05) is 0 Å². The SMILES string of the molecule is O=C(O)c1nccc([N+](=O)[O-])n1. The normalized spacial score (nSPS) is 9.33. The fourth-order valence-corrected chi connectivity index (χ4v) is 0.554. The Morgan fingerprint density at radius 3 is 2.83 bits per heavy atom. The molecule has 12 heavy (non-hydrogen) atoms. The summed E-state index contributed by atoms with van der Waals surface area (Å²) in [7, 11) is 0. The van der Waals surface area contributed by atoms with Crippen molar-refractivity contribution in [3.8, 4) is 0 Å². The van der Waals surface area contributed by atoms with Crippen molar-refractivity contribution in [3.63, 3.8) is 0 Å². The lowest BCUT2D eigenvalue weighted by atomic mass is 10.5. The summed E-state index contributed by atoms with van der Waals surface area (Å²) in [6.45, 7) is 0. The number of carboxylic acid groups (broad SMARTS) is 1. The molecule has 0 saturated carbocycles. The number of aromatic carboxylic acids is 1. The average molecular weight is 169 g/mol. The van der Waals surface area contributed by atoms with Crippen LogP contribution in [0.4, 0.5) is 5.82 Å². The molecule has 1 rings (SSSR count). The van der Waals surface area contributed by atoms with Crippen molar-refractivity contribution >= 4 is 11.8 Å². The lowest BCUT2D eigenvalue weighted by Gasteiger charge is -1.90. The zero-order valence-electron chi connectivity index (χ0n) is 5.67. The van der Waals surface area contributed by atoms with Gasteiger partial charge in [-0.25, -0.2) is 9.78 Å². The van der Waals surface area contributed by atoms with E-state index >= 15 is 0 Å². The molecule has 0 unspecified atom stereocenters. The van der Waals surface area contributed by atoms with Crippen molar-refractivity contribution in [3.05, 3.63) is 28.2 Å². The van der Waals surface area contributed by atoms with Crippen LogP contribution in [0.1, 0.15) is 10.6 Å². The first-order valence-electron chi connectivity index (χ1n) is 2.82. The first-order chi connectivity index (χ1) is 5.61. The Morgan fingerprint density at radius 1 is 1.67 bits per heavy atom. The summed E-state index contributed by atoms with van der Waals surface area (Å²) >= 11 is 0. The summed E-state index contributed by atoms with van der Waals surface area (Å²) in [5.41, 5.74) is 0. The Morgan fingerprint density at radius 2 is 2.33 bits per heavy atom. The van der Waals surface area contributed by atoms with Crippen LogP contribution in [0.3, 0.4) is 0 Å². The predicted octanol–water partition coefficient (Wildman–Crippen LogP) is 0.0830. The fraction of sp³-hybridized carbons (Fsp3) is 0. The van der Waals surface area contributed by atoms with Gasteiger partial charge in [0.1, 0.15) is 0 Å². The number of nitrogens with zero attached hydrogens (tertiary/aromatic N) is 3. The van der Waals surface area contributed by atoms with Crippen molar-refractivity contribution in [1.82, 2.24) is 9.97 Å². The van der Waals surface area contributed by atoms with Gasteiger partial charge in [0.25, 0.3) is 0 Å². The largest absolute Gasteiger partial charge is 0.474 e. The Labute approximate surface area is 65.8 Å². The van der Waals surface area contributed by atoms with E-state index in [2.05, 4.69) is 9.97 Å². The van der Waals surface area contributed by atoms with E-state index in [0.717, 1.165) is 12.3 Å². The second kappa shape index (κ2) is 2.91. The van der Waals surface area contributed by atoms with Gasteiger partial charge in [-0.05, 0) is 9.91 Å². The van der Waals surface area contributed by atoms with Crippen LogP contribution in [0.2, 0.25) is 0 Å².